The van der Waals surface area contributed by atoms with Gasteiger partial charge in [0, 0.05) is 18.7 Å². The molecular formula is C28H24F3NO6. The average molecular weight is 527 g/mol. The molecule has 0 saturated carbocycles. The van der Waals surface area contributed by atoms with E-state index in [1.165, 1.54) is 12.1 Å². The third-order valence-electron chi connectivity index (χ3n) is 6.07. The van der Waals surface area contributed by atoms with Gasteiger partial charge in [-0.25, -0.2) is 0 Å². The van der Waals surface area contributed by atoms with E-state index in [2.05, 4.69) is 0 Å². The number of ether oxygens (including phenoxy) is 4. The van der Waals surface area contributed by atoms with E-state index in [0.29, 0.717) is 23.6 Å². The van der Waals surface area contributed by atoms with Gasteiger partial charge in [-0.2, -0.15) is 13.2 Å². The van der Waals surface area contributed by atoms with Crippen molar-refractivity contribution in [1.29, 1.82) is 0 Å². The predicted molar refractivity (Wildman–Crippen MR) is 133 cm³/mol. The van der Waals surface area contributed by atoms with Crippen molar-refractivity contribution >= 4 is 11.0 Å². The lowest BCUT2D eigenvalue weighted by Crippen LogP contribution is -2.32. The van der Waals surface area contributed by atoms with Crippen molar-refractivity contribution < 1.29 is 36.5 Å². The highest BCUT2D eigenvalue weighted by molar-refractivity contribution is 5.84. The molecule has 0 unspecified atom stereocenters. The number of fused-ring (bicyclic) bond motifs is 3. The molecule has 5 rings (SSSR count). The highest BCUT2D eigenvalue weighted by atomic mass is 19.4. The summed E-state index contributed by atoms with van der Waals surface area (Å²) < 4.78 is 70.2. The fourth-order valence-corrected chi connectivity index (χ4v) is 4.37. The van der Waals surface area contributed by atoms with E-state index in [-0.39, 0.29) is 42.4 Å². The molecule has 0 amide bonds. The molecule has 0 saturated heterocycles. The zero-order chi connectivity index (χ0) is 26.9. The standard InChI is InChI=1S/C28H24F3NO6/c1-3-35-22-10-6-7-11-23(22)37-26-24(33)18-12-13-21-19(25(18)38-27(26)28(29,30)31)15-32(16-36-21)14-17-8-4-5-9-20(17)34-2/h4-13H,3,14-16H2,1-2H3. The van der Waals surface area contributed by atoms with Gasteiger partial charge in [0.05, 0.1) is 24.7 Å². The highest BCUT2D eigenvalue weighted by Crippen LogP contribution is 2.42. The number of rotatable bonds is 7. The first-order valence-electron chi connectivity index (χ1n) is 11.9. The van der Waals surface area contributed by atoms with Crippen molar-refractivity contribution in [2.45, 2.75) is 26.2 Å². The quantitative estimate of drug-likeness (QED) is 0.277. The van der Waals surface area contributed by atoms with Crippen LogP contribution in [0.3, 0.4) is 0 Å². The molecule has 1 aliphatic heterocycles. The van der Waals surface area contributed by atoms with E-state index in [0.717, 1.165) is 5.56 Å². The molecule has 1 aliphatic rings. The molecular weight excluding hydrogens is 503 g/mol. The summed E-state index contributed by atoms with van der Waals surface area (Å²) in [4.78, 5) is 15.3. The minimum atomic E-state index is -5.00. The van der Waals surface area contributed by atoms with Gasteiger partial charge in [0.1, 0.15) is 23.8 Å². The van der Waals surface area contributed by atoms with Crippen LogP contribution in [0, 0.1) is 0 Å². The monoisotopic (exact) mass is 527 g/mol. The Hall–Kier alpha value is -4.18. The highest BCUT2D eigenvalue weighted by Gasteiger charge is 2.41. The summed E-state index contributed by atoms with van der Waals surface area (Å²) in [5.41, 5.74) is 0.0698. The number of methoxy groups -OCH3 is 1. The molecule has 198 valence electrons. The van der Waals surface area contributed by atoms with E-state index in [1.807, 2.05) is 29.2 Å². The smallest absolute Gasteiger partial charge is 0.453 e. The Labute approximate surface area is 215 Å². The van der Waals surface area contributed by atoms with Crippen LogP contribution < -0.4 is 24.4 Å². The lowest BCUT2D eigenvalue weighted by molar-refractivity contribution is -0.154. The lowest BCUT2D eigenvalue weighted by atomic mass is 10.1. The van der Waals surface area contributed by atoms with Gasteiger partial charge in [-0.05, 0) is 37.3 Å². The molecule has 0 bridgehead atoms. The Kier molecular flexibility index (Phi) is 6.90. The molecule has 0 fully saturated rings. The molecule has 0 N–H and O–H groups in total. The first kappa shape index (κ1) is 25.5. The molecule has 2 heterocycles. The van der Waals surface area contributed by atoms with Crippen molar-refractivity contribution in [3.63, 3.8) is 0 Å². The summed E-state index contributed by atoms with van der Waals surface area (Å²) in [5, 5.41) is -0.0524. The summed E-state index contributed by atoms with van der Waals surface area (Å²) in [6.45, 7) is 2.78. The fourth-order valence-electron chi connectivity index (χ4n) is 4.37. The fraction of sp³-hybridized carbons (Fsp3) is 0.250. The van der Waals surface area contributed by atoms with Gasteiger partial charge in [-0.1, -0.05) is 30.3 Å². The zero-order valence-corrected chi connectivity index (χ0v) is 20.6. The van der Waals surface area contributed by atoms with Crippen LogP contribution in [0.4, 0.5) is 13.2 Å². The molecule has 4 aromatic rings. The summed E-state index contributed by atoms with van der Waals surface area (Å²) >= 11 is 0. The van der Waals surface area contributed by atoms with Crippen molar-refractivity contribution in [3.05, 3.63) is 87.8 Å². The van der Waals surface area contributed by atoms with Gasteiger partial charge in [-0.3, -0.25) is 9.69 Å². The second-order valence-corrected chi connectivity index (χ2v) is 8.56. The second-order valence-electron chi connectivity index (χ2n) is 8.56. The molecule has 10 heteroatoms. The lowest BCUT2D eigenvalue weighted by Gasteiger charge is -2.29. The summed E-state index contributed by atoms with van der Waals surface area (Å²) in [7, 11) is 1.56. The minimum Gasteiger partial charge on any atom is -0.496 e. The normalized spacial score (nSPS) is 13.6. The number of hydrogen-bond donors (Lipinski definition) is 0. The van der Waals surface area contributed by atoms with Crippen LogP contribution in [0.1, 0.15) is 23.8 Å². The first-order valence-corrected chi connectivity index (χ1v) is 11.9. The Morgan fingerprint density at radius 3 is 2.39 bits per heavy atom. The number of alkyl halides is 3. The van der Waals surface area contributed by atoms with Crippen molar-refractivity contribution in [2.75, 3.05) is 20.4 Å². The summed E-state index contributed by atoms with van der Waals surface area (Å²) in [5.74, 6) is -1.29. The van der Waals surface area contributed by atoms with Crippen LogP contribution >= 0.6 is 0 Å². The maximum absolute atomic E-state index is 14.2. The van der Waals surface area contributed by atoms with Crippen LogP contribution in [-0.2, 0) is 19.3 Å². The molecule has 7 nitrogen and oxygen atoms in total. The van der Waals surface area contributed by atoms with Crippen LogP contribution in [0.15, 0.2) is 69.9 Å². The van der Waals surface area contributed by atoms with Crippen LogP contribution in [0.25, 0.3) is 11.0 Å². The Bertz CT molecular complexity index is 1530. The molecule has 3 aromatic carbocycles. The average Bonchev–Trinajstić information content (AvgIpc) is 2.90. The van der Waals surface area contributed by atoms with Crippen molar-refractivity contribution in [1.82, 2.24) is 4.90 Å². The van der Waals surface area contributed by atoms with Crippen molar-refractivity contribution in [3.8, 4) is 28.7 Å². The van der Waals surface area contributed by atoms with Crippen LogP contribution in [0.5, 0.6) is 28.7 Å². The maximum Gasteiger partial charge on any atom is 0.453 e. The number of hydrogen-bond acceptors (Lipinski definition) is 7. The number of halogens is 3. The zero-order valence-electron chi connectivity index (χ0n) is 20.6. The van der Waals surface area contributed by atoms with Crippen molar-refractivity contribution in [2.24, 2.45) is 0 Å². The molecule has 38 heavy (non-hydrogen) atoms. The number of benzene rings is 3. The first-order chi connectivity index (χ1) is 18.3. The Morgan fingerprint density at radius 1 is 0.974 bits per heavy atom. The van der Waals surface area contributed by atoms with Crippen LogP contribution in [0.2, 0.25) is 0 Å². The maximum atomic E-state index is 14.2. The molecule has 0 spiro atoms. The predicted octanol–water partition coefficient (Wildman–Crippen LogP) is 6.36. The van der Waals surface area contributed by atoms with E-state index in [4.69, 9.17) is 23.4 Å². The second kappa shape index (κ2) is 10.3. The van der Waals surface area contributed by atoms with Crippen LogP contribution in [-0.4, -0.2) is 25.3 Å². The third kappa shape index (κ3) is 4.87. The molecule has 0 radical (unpaired) electrons. The van der Waals surface area contributed by atoms with E-state index in [1.54, 1.807) is 38.3 Å². The van der Waals surface area contributed by atoms with Gasteiger partial charge >= 0.3 is 6.18 Å². The summed E-state index contributed by atoms with van der Waals surface area (Å²) in [6.07, 6.45) is -5.00. The van der Waals surface area contributed by atoms with Gasteiger partial charge in [0.2, 0.25) is 11.2 Å². The SMILES string of the molecule is CCOc1ccccc1Oc1c(C(F)(F)F)oc2c3c(ccc2c1=O)OCN(Cc1ccccc1OC)C3. The van der Waals surface area contributed by atoms with Gasteiger partial charge in [0.25, 0.3) is 5.76 Å². The van der Waals surface area contributed by atoms with E-state index in [9.17, 15) is 18.0 Å². The number of nitrogens with zero attached hydrogens (tertiary/aromatic N) is 1. The Morgan fingerprint density at radius 2 is 1.68 bits per heavy atom. The molecule has 0 aliphatic carbocycles. The largest absolute Gasteiger partial charge is 0.496 e. The minimum absolute atomic E-state index is 0.0317. The molecule has 1 aromatic heterocycles. The van der Waals surface area contributed by atoms with Gasteiger partial charge in [0.15, 0.2) is 11.5 Å². The topological polar surface area (TPSA) is 70.4 Å². The van der Waals surface area contributed by atoms with Gasteiger partial charge in [-0.15, -0.1) is 0 Å². The Balaban J connectivity index is 1.59. The summed E-state index contributed by atoms with van der Waals surface area (Å²) in [6, 6.07) is 16.5. The van der Waals surface area contributed by atoms with Gasteiger partial charge < -0.3 is 23.4 Å². The van der Waals surface area contributed by atoms with E-state index < -0.39 is 23.1 Å². The van der Waals surface area contributed by atoms with E-state index >= 15 is 0 Å². The molecule has 0 atom stereocenters. The number of para-hydroxylation sites is 3. The third-order valence-corrected chi connectivity index (χ3v) is 6.07.